The van der Waals surface area contributed by atoms with Crippen LogP contribution in [0.5, 0.6) is 0 Å². The van der Waals surface area contributed by atoms with Crippen LogP contribution in [-0.4, -0.2) is 0 Å². The number of hydrogen-bond acceptors (Lipinski definition) is 1. The Morgan fingerprint density at radius 2 is 1.08 bits per heavy atom. The molecule has 0 amide bonds. The lowest BCUT2D eigenvalue weighted by Gasteiger charge is -2.29. The summed E-state index contributed by atoms with van der Waals surface area (Å²) in [4.78, 5) is 0. The molecule has 4 aromatic rings. The molecule has 0 spiro atoms. The number of fused-ring (bicyclic) bond motifs is 2. The molecule has 0 saturated heterocycles. The minimum atomic E-state index is -0.661. The van der Waals surface area contributed by atoms with Gasteiger partial charge in [0.15, 0.2) is 0 Å². The van der Waals surface area contributed by atoms with Crippen molar-refractivity contribution in [1.82, 2.24) is 0 Å². The average Bonchev–Trinajstić information content (AvgIpc) is 3.43. The Morgan fingerprint density at radius 1 is 0.611 bits per heavy atom. The third-order valence-corrected chi connectivity index (χ3v) is 10.7. The van der Waals surface area contributed by atoms with Gasteiger partial charge in [0.25, 0.3) is 0 Å². The van der Waals surface area contributed by atoms with Crippen LogP contribution in [0.4, 0.5) is 5.69 Å². The highest BCUT2D eigenvalue weighted by atomic mass is 31.1. The van der Waals surface area contributed by atoms with Gasteiger partial charge in [-0.1, -0.05) is 89.0 Å². The van der Waals surface area contributed by atoms with E-state index in [2.05, 4.69) is 100 Å². The van der Waals surface area contributed by atoms with Crippen molar-refractivity contribution < 1.29 is 0 Å². The molecule has 2 N–H and O–H groups in total. The third-order valence-electron chi connectivity index (χ3n) is 8.25. The lowest BCUT2D eigenvalue weighted by Crippen LogP contribution is -2.26. The average molecular weight is 490 g/mol. The number of benzene rings is 4. The molecule has 4 aromatic carbocycles. The maximum atomic E-state index is 6.60. The Hall–Kier alpha value is -2.89. The molecule has 0 saturated carbocycles. The van der Waals surface area contributed by atoms with Crippen LogP contribution in [0.1, 0.15) is 69.2 Å². The summed E-state index contributed by atoms with van der Waals surface area (Å²) in [5.74, 6) is 1.07. The minimum absolute atomic E-state index is 0.527. The van der Waals surface area contributed by atoms with Gasteiger partial charge in [-0.15, -0.1) is 0 Å². The molecular weight excluding hydrogens is 453 g/mol. The van der Waals surface area contributed by atoms with E-state index in [9.17, 15) is 0 Å². The van der Waals surface area contributed by atoms with E-state index in [1.54, 1.807) is 16.4 Å². The maximum Gasteiger partial charge on any atom is 0.0352 e. The van der Waals surface area contributed by atoms with E-state index >= 15 is 0 Å². The van der Waals surface area contributed by atoms with Crippen molar-refractivity contribution in [2.45, 2.75) is 65.2 Å². The first-order valence-corrected chi connectivity index (χ1v) is 14.7. The molecule has 0 aliphatic heterocycles. The first kappa shape index (κ1) is 23.5. The van der Waals surface area contributed by atoms with Gasteiger partial charge in [-0.2, -0.15) is 0 Å². The molecule has 0 aromatic heterocycles. The lowest BCUT2D eigenvalue weighted by molar-refractivity contribution is 0.533. The van der Waals surface area contributed by atoms with Crippen LogP contribution in [0, 0.1) is 27.7 Å². The standard InChI is InChI=1S/C34H36NP/c1-21-15-22(2)18-27(17-21)36(28-19-23(3)16-24(4)20-28)32-10-6-8-26-12-14-30(34(26)32)29-13-11-25-7-5-9-31(35)33(25)29/h5-10,15-20,29-30H,11-14,35H2,1-4H3/t29-,30?/m1/s1. The highest BCUT2D eigenvalue weighted by Gasteiger charge is 2.38. The highest BCUT2D eigenvalue weighted by Crippen LogP contribution is 2.52. The first-order valence-electron chi connectivity index (χ1n) is 13.3. The molecule has 36 heavy (non-hydrogen) atoms. The quantitative estimate of drug-likeness (QED) is 0.242. The van der Waals surface area contributed by atoms with Gasteiger partial charge < -0.3 is 5.73 Å². The maximum absolute atomic E-state index is 6.60. The van der Waals surface area contributed by atoms with E-state index < -0.39 is 7.92 Å². The SMILES string of the molecule is Cc1cc(C)cc(P(c2cc(C)cc(C)c2)c2cccc3c2C([C@H]2CCc4cccc(N)c42)CC3)c1. The summed E-state index contributed by atoms with van der Waals surface area (Å²) in [6, 6.07) is 28.0. The Kier molecular flexibility index (Phi) is 6.01. The number of rotatable bonds is 4. The molecule has 2 aliphatic rings. The number of aryl methyl sites for hydroxylation is 6. The van der Waals surface area contributed by atoms with Crippen LogP contribution >= 0.6 is 7.92 Å². The van der Waals surface area contributed by atoms with Gasteiger partial charge in [0, 0.05) is 5.69 Å². The Balaban J connectivity index is 1.55. The zero-order valence-corrected chi connectivity index (χ0v) is 22.8. The summed E-state index contributed by atoms with van der Waals surface area (Å²) >= 11 is 0. The molecular formula is C34H36NP. The van der Waals surface area contributed by atoms with E-state index in [4.69, 9.17) is 5.73 Å². The fourth-order valence-electron chi connectivity index (χ4n) is 7.05. The number of hydrogen-bond donors (Lipinski definition) is 1. The van der Waals surface area contributed by atoms with Crippen LogP contribution in [0.25, 0.3) is 0 Å². The fourth-order valence-corrected chi connectivity index (χ4v) is 10.0. The van der Waals surface area contributed by atoms with Gasteiger partial charge >= 0.3 is 0 Å². The molecule has 0 bridgehead atoms. The smallest absolute Gasteiger partial charge is 0.0352 e. The van der Waals surface area contributed by atoms with Crippen LogP contribution in [0.15, 0.2) is 72.8 Å². The van der Waals surface area contributed by atoms with Gasteiger partial charge in [-0.3, -0.25) is 0 Å². The van der Waals surface area contributed by atoms with Crippen molar-refractivity contribution in [3.8, 4) is 0 Å². The first-order chi connectivity index (χ1) is 17.4. The van der Waals surface area contributed by atoms with Crippen molar-refractivity contribution in [3.05, 3.63) is 117 Å². The van der Waals surface area contributed by atoms with Gasteiger partial charge in [0.05, 0.1) is 0 Å². The fraction of sp³-hybridized carbons (Fsp3) is 0.294. The normalized spacial score (nSPS) is 18.5. The van der Waals surface area contributed by atoms with Crippen LogP contribution in [-0.2, 0) is 12.8 Å². The van der Waals surface area contributed by atoms with Gasteiger partial charge in [-0.05, 0) is 117 Å². The Bertz CT molecular complexity index is 1370. The van der Waals surface area contributed by atoms with Gasteiger partial charge in [-0.25, -0.2) is 0 Å². The second kappa shape index (κ2) is 9.20. The van der Waals surface area contributed by atoms with Gasteiger partial charge in [0.1, 0.15) is 0 Å². The zero-order chi connectivity index (χ0) is 25.0. The van der Waals surface area contributed by atoms with Crippen molar-refractivity contribution in [2.75, 3.05) is 5.73 Å². The molecule has 0 radical (unpaired) electrons. The van der Waals surface area contributed by atoms with Crippen molar-refractivity contribution in [1.29, 1.82) is 0 Å². The number of anilines is 1. The highest BCUT2D eigenvalue weighted by molar-refractivity contribution is 7.80. The molecule has 1 nitrogen and oxygen atoms in total. The van der Waals surface area contributed by atoms with Crippen LogP contribution in [0.2, 0.25) is 0 Å². The predicted molar refractivity (Wildman–Crippen MR) is 157 cm³/mol. The van der Waals surface area contributed by atoms with E-state index in [0.717, 1.165) is 12.1 Å². The minimum Gasteiger partial charge on any atom is -0.398 e. The van der Waals surface area contributed by atoms with Crippen molar-refractivity contribution in [3.63, 3.8) is 0 Å². The molecule has 182 valence electrons. The largest absolute Gasteiger partial charge is 0.398 e. The monoisotopic (exact) mass is 489 g/mol. The van der Waals surface area contributed by atoms with E-state index in [1.165, 1.54) is 63.3 Å². The number of nitrogens with two attached hydrogens (primary N) is 1. The Morgan fingerprint density at radius 3 is 1.64 bits per heavy atom. The topological polar surface area (TPSA) is 26.0 Å². The molecule has 0 fully saturated rings. The van der Waals surface area contributed by atoms with Gasteiger partial charge in [0.2, 0.25) is 0 Å². The molecule has 2 atom stereocenters. The molecule has 2 heteroatoms. The third kappa shape index (κ3) is 4.08. The van der Waals surface area contributed by atoms with E-state index in [1.807, 2.05) is 0 Å². The Labute approximate surface area is 217 Å². The molecule has 6 rings (SSSR count). The number of nitrogen functional groups attached to an aromatic ring is 1. The summed E-state index contributed by atoms with van der Waals surface area (Å²) < 4.78 is 0. The summed E-state index contributed by atoms with van der Waals surface area (Å²) in [5.41, 5.74) is 19.1. The van der Waals surface area contributed by atoms with Crippen LogP contribution in [0.3, 0.4) is 0 Å². The summed E-state index contributed by atoms with van der Waals surface area (Å²) in [6.45, 7) is 8.95. The predicted octanol–water partition coefficient (Wildman–Crippen LogP) is 7.02. The van der Waals surface area contributed by atoms with E-state index in [-0.39, 0.29) is 0 Å². The summed E-state index contributed by atoms with van der Waals surface area (Å²) in [5, 5.41) is 4.50. The molecule has 1 unspecified atom stereocenters. The second-order valence-corrected chi connectivity index (χ2v) is 13.3. The van der Waals surface area contributed by atoms with Crippen molar-refractivity contribution >= 4 is 29.5 Å². The summed E-state index contributed by atoms with van der Waals surface area (Å²) in [7, 11) is -0.661. The second-order valence-electron chi connectivity index (χ2n) is 11.1. The zero-order valence-electron chi connectivity index (χ0n) is 21.9. The van der Waals surface area contributed by atoms with E-state index in [0.29, 0.717) is 11.8 Å². The lowest BCUT2D eigenvalue weighted by atomic mass is 9.82. The molecule has 0 heterocycles. The summed E-state index contributed by atoms with van der Waals surface area (Å²) in [6.07, 6.45) is 4.78. The van der Waals surface area contributed by atoms with Crippen LogP contribution < -0.4 is 21.6 Å². The van der Waals surface area contributed by atoms with Crippen molar-refractivity contribution in [2.24, 2.45) is 0 Å². The molecule has 2 aliphatic carbocycles.